The van der Waals surface area contributed by atoms with Gasteiger partial charge in [-0.15, -0.1) is 0 Å². The van der Waals surface area contributed by atoms with Crippen LogP contribution in [0.5, 0.6) is 0 Å². The van der Waals surface area contributed by atoms with E-state index in [9.17, 15) is 0 Å². The molecule has 1 aromatic rings. The molecule has 0 radical (unpaired) electrons. The minimum Gasteiger partial charge on any atom is -0.395 e. The molecule has 4 heteroatoms. The van der Waals surface area contributed by atoms with E-state index in [-0.39, 0.29) is 12.0 Å². The van der Waals surface area contributed by atoms with Crippen LogP contribution in [0.15, 0.2) is 12.1 Å². The molecule has 0 atom stereocenters. The molecule has 1 aliphatic rings. The summed E-state index contributed by atoms with van der Waals surface area (Å²) in [6, 6.07) is 4.37. The molecule has 0 aromatic carbocycles. The SMILES string of the molecule is Cc1nc(C(C)(C)C)ccc1N1CCN(CCO)CC1. The molecule has 0 bridgehead atoms. The van der Waals surface area contributed by atoms with Crippen molar-refractivity contribution in [1.82, 2.24) is 9.88 Å². The highest BCUT2D eigenvalue weighted by Crippen LogP contribution is 2.25. The second-order valence-corrected chi connectivity index (χ2v) is 6.60. The number of nitrogens with zero attached hydrogens (tertiary/aromatic N) is 3. The lowest BCUT2D eigenvalue weighted by Gasteiger charge is -2.36. The lowest BCUT2D eigenvalue weighted by Crippen LogP contribution is -2.47. The van der Waals surface area contributed by atoms with Crippen LogP contribution in [0.4, 0.5) is 5.69 Å². The minimum absolute atomic E-state index is 0.100. The van der Waals surface area contributed by atoms with E-state index in [1.165, 1.54) is 5.69 Å². The van der Waals surface area contributed by atoms with E-state index >= 15 is 0 Å². The summed E-state index contributed by atoms with van der Waals surface area (Å²) in [5.41, 5.74) is 3.62. The van der Waals surface area contributed by atoms with Crippen LogP contribution in [-0.4, -0.2) is 54.3 Å². The summed E-state index contributed by atoms with van der Waals surface area (Å²) in [5.74, 6) is 0. The van der Waals surface area contributed by atoms with Gasteiger partial charge in [-0.1, -0.05) is 20.8 Å². The molecule has 0 amide bonds. The van der Waals surface area contributed by atoms with E-state index in [4.69, 9.17) is 10.1 Å². The highest BCUT2D eigenvalue weighted by molar-refractivity contribution is 5.51. The first-order valence-corrected chi connectivity index (χ1v) is 7.48. The molecule has 1 fully saturated rings. The van der Waals surface area contributed by atoms with Gasteiger partial charge in [0.2, 0.25) is 0 Å². The van der Waals surface area contributed by atoms with Crippen LogP contribution in [0.2, 0.25) is 0 Å². The fourth-order valence-corrected chi connectivity index (χ4v) is 2.66. The first-order valence-electron chi connectivity index (χ1n) is 7.48. The Morgan fingerprint density at radius 2 is 1.80 bits per heavy atom. The number of aryl methyl sites for hydroxylation is 1. The van der Waals surface area contributed by atoms with Crippen LogP contribution in [0.1, 0.15) is 32.2 Å². The van der Waals surface area contributed by atoms with Gasteiger partial charge in [0.25, 0.3) is 0 Å². The quantitative estimate of drug-likeness (QED) is 0.914. The van der Waals surface area contributed by atoms with Crippen molar-refractivity contribution in [1.29, 1.82) is 0 Å². The van der Waals surface area contributed by atoms with Crippen LogP contribution in [-0.2, 0) is 5.41 Å². The van der Waals surface area contributed by atoms with E-state index in [1.54, 1.807) is 0 Å². The molecule has 0 unspecified atom stereocenters. The van der Waals surface area contributed by atoms with Crippen molar-refractivity contribution < 1.29 is 5.11 Å². The smallest absolute Gasteiger partial charge is 0.0609 e. The number of aromatic nitrogens is 1. The molecule has 1 N–H and O–H groups in total. The van der Waals surface area contributed by atoms with Gasteiger partial charge in [-0.05, 0) is 19.1 Å². The lowest BCUT2D eigenvalue weighted by atomic mass is 9.91. The van der Waals surface area contributed by atoms with Gasteiger partial charge < -0.3 is 10.0 Å². The normalized spacial score (nSPS) is 17.6. The topological polar surface area (TPSA) is 39.6 Å². The summed E-state index contributed by atoms with van der Waals surface area (Å²) < 4.78 is 0. The monoisotopic (exact) mass is 277 g/mol. The summed E-state index contributed by atoms with van der Waals surface area (Å²) in [5, 5.41) is 8.99. The number of anilines is 1. The maximum atomic E-state index is 8.99. The van der Waals surface area contributed by atoms with Gasteiger partial charge in [0.15, 0.2) is 0 Å². The molecule has 0 spiro atoms. The Morgan fingerprint density at radius 1 is 1.15 bits per heavy atom. The molecule has 112 valence electrons. The van der Waals surface area contributed by atoms with E-state index in [0.717, 1.165) is 44.1 Å². The van der Waals surface area contributed by atoms with Crippen molar-refractivity contribution in [3.05, 3.63) is 23.5 Å². The van der Waals surface area contributed by atoms with Gasteiger partial charge in [0.1, 0.15) is 0 Å². The van der Waals surface area contributed by atoms with Gasteiger partial charge in [0, 0.05) is 43.8 Å². The molecule has 2 rings (SSSR count). The highest BCUT2D eigenvalue weighted by atomic mass is 16.3. The number of pyridine rings is 1. The second kappa shape index (κ2) is 6.10. The molecule has 1 aliphatic heterocycles. The Bertz CT molecular complexity index is 446. The van der Waals surface area contributed by atoms with E-state index < -0.39 is 0 Å². The molecular weight excluding hydrogens is 250 g/mol. The number of rotatable bonds is 3. The largest absolute Gasteiger partial charge is 0.395 e. The van der Waals surface area contributed by atoms with Crippen molar-refractivity contribution in [3.63, 3.8) is 0 Å². The van der Waals surface area contributed by atoms with Crippen LogP contribution >= 0.6 is 0 Å². The first kappa shape index (κ1) is 15.3. The average molecular weight is 277 g/mol. The zero-order valence-electron chi connectivity index (χ0n) is 13.2. The van der Waals surface area contributed by atoms with Crippen molar-refractivity contribution >= 4 is 5.69 Å². The van der Waals surface area contributed by atoms with Crippen molar-refractivity contribution in [2.45, 2.75) is 33.1 Å². The maximum Gasteiger partial charge on any atom is 0.0609 e. The average Bonchev–Trinajstić information content (AvgIpc) is 2.39. The van der Waals surface area contributed by atoms with Crippen molar-refractivity contribution in [3.8, 4) is 0 Å². The zero-order chi connectivity index (χ0) is 14.8. The number of aliphatic hydroxyl groups is 1. The maximum absolute atomic E-state index is 8.99. The van der Waals surface area contributed by atoms with Crippen LogP contribution < -0.4 is 4.90 Å². The zero-order valence-corrected chi connectivity index (χ0v) is 13.2. The number of piperazine rings is 1. The molecule has 0 aliphatic carbocycles. The van der Waals surface area contributed by atoms with Gasteiger partial charge in [-0.3, -0.25) is 9.88 Å². The van der Waals surface area contributed by atoms with E-state index in [1.807, 2.05) is 0 Å². The molecule has 0 saturated carbocycles. The molecule has 2 heterocycles. The number of hydrogen-bond donors (Lipinski definition) is 1. The lowest BCUT2D eigenvalue weighted by molar-refractivity contribution is 0.188. The predicted molar refractivity (Wildman–Crippen MR) is 83.4 cm³/mol. The predicted octanol–water partition coefficient (Wildman–Crippen LogP) is 1.80. The Hall–Kier alpha value is -1.13. The summed E-state index contributed by atoms with van der Waals surface area (Å²) >= 11 is 0. The number of hydrogen-bond acceptors (Lipinski definition) is 4. The molecule has 1 aromatic heterocycles. The fourth-order valence-electron chi connectivity index (χ4n) is 2.66. The summed E-state index contributed by atoms with van der Waals surface area (Å²) in [6.07, 6.45) is 0. The first-order chi connectivity index (χ1) is 9.41. The summed E-state index contributed by atoms with van der Waals surface area (Å²) in [6.45, 7) is 13.8. The Kier molecular flexibility index (Phi) is 4.66. The standard InChI is InChI=1S/C16H27N3O/c1-13-14(5-6-15(17-13)16(2,3)4)19-9-7-18(8-10-19)11-12-20/h5-6,20H,7-12H2,1-4H3. The van der Waals surface area contributed by atoms with Gasteiger partial charge in [-0.2, -0.15) is 0 Å². The summed E-state index contributed by atoms with van der Waals surface area (Å²) in [7, 11) is 0. The molecular formula is C16H27N3O. The third-order valence-corrected chi connectivity index (χ3v) is 3.96. The number of β-amino-alcohol motifs (C(OH)–C–C–N with tert-alkyl or cyclic N) is 1. The van der Waals surface area contributed by atoms with E-state index in [0.29, 0.717) is 0 Å². The fraction of sp³-hybridized carbons (Fsp3) is 0.688. The van der Waals surface area contributed by atoms with Crippen molar-refractivity contribution in [2.75, 3.05) is 44.2 Å². The summed E-state index contributed by atoms with van der Waals surface area (Å²) in [4.78, 5) is 9.49. The Balaban J connectivity index is 2.07. The molecule has 4 nitrogen and oxygen atoms in total. The van der Waals surface area contributed by atoms with Crippen LogP contribution in [0, 0.1) is 6.92 Å². The number of aliphatic hydroxyl groups excluding tert-OH is 1. The molecule has 1 saturated heterocycles. The van der Waals surface area contributed by atoms with Crippen molar-refractivity contribution in [2.24, 2.45) is 0 Å². The van der Waals surface area contributed by atoms with E-state index in [2.05, 4.69) is 49.6 Å². The van der Waals surface area contributed by atoms with Gasteiger partial charge in [0.05, 0.1) is 18.0 Å². The van der Waals surface area contributed by atoms with Gasteiger partial charge >= 0.3 is 0 Å². The van der Waals surface area contributed by atoms with Crippen LogP contribution in [0.25, 0.3) is 0 Å². The minimum atomic E-state index is 0.100. The molecule has 20 heavy (non-hydrogen) atoms. The third kappa shape index (κ3) is 3.49. The van der Waals surface area contributed by atoms with Gasteiger partial charge in [-0.25, -0.2) is 0 Å². The highest BCUT2D eigenvalue weighted by Gasteiger charge is 2.21. The second-order valence-electron chi connectivity index (χ2n) is 6.60. The third-order valence-electron chi connectivity index (χ3n) is 3.96. The Morgan fingerprint density at radius 3 is 2.30 bits per heavy atom. The van der Waals surface area contributed by atoms with Crippen LogP contribution in [0.3, 0.4) is 0 Å². The Labute approximate surface area is 122 Å².